The van der Waals surface area contributed by atoms with Crippen LogP contribution in [0.5, 0.6) is 0 Å². The number of carboxylic acid groups (broad SMARTS) is 1. The molecular weight excluding hydrogens is 232 g/mol. The Morgan fingerprint density at radius 1 is 1.56 bits per heavy atom. The first-order valence-corrected chi connectivity index (χ1v) is 5.61. The third kappa shape index (κ3) is 2.75. The SMILES string of the molecule is C[C@H](NCc1occc1C(=O)O)c1cccnc1. The predicted octanol–water partition coefficient (Wildman–Crippen LogP) is 2.22. The molecular formula is C13H14N2O3. The molecule has 0 aliphatic heterocycles. The quantitative estimate of drug-likeness (QED) is 0.846. The zero-order valence-electron chi connectivity index (χ0n) is 9.96. The van der Waals surface area contributed by atoms with E-state index in [2.05, 4.69) is 10.3 Å². The molecule has 2 aromatic rings. The minimum atomic E-state index is -0.977. The third-order valence-corrected chi connectivity index (χ3v) is 2.73. The van der Waals surface area contributed by atoms with E-state index in [1.165, 1.54) is 12.3 Å². The normalized spacial score (nSPS) is 12.3. The van der Waals surface area contributed by atoms with Gasteiger partial charge in [0.2, 0.25) is 0 Å². The molecule has 5 nitrogen and oxygen atoms in total. The molecule has 2 aromatic heterocycles. The Bertz CT molecular complexity index is 522. The molecule has 2 N–H and O–H groups in total. The molecule has 0 aromatic carbocycles. The summed E-state index contributed by atoms with van der Waals surface area (Å²) in [5, 5.41) is 12.1. The number of furan rings is 1. The van der Waals surface area contributed by atoms with E-state index in [0.29, 0.717) is 12.3 Å². The number of hydrogen-bond acceptors (Lipinski definition) is 4. The summed E-state index contributed by atoms with van der Waals surface area (Å²) in [6.07, 6.45) is 4.87. The molecule has 0 bridgehead atoms. The van der Waals surface area contributed by atoms with Crippen molar-refractivity contribution in [2.24, 2.45) is 0 Å². The Labute approximate surface area is 104 Å². The van der Waals surface area contributed by atoms with Gasteiger partial charge in [-0.15, -0.1) is 0 Å². The van der Waals surface area contributed by atoms with Gasteiger partial charge in [-0.3, -0.25) is 4.98 Å². The van der Waals surface area contributed by atoms with E-state index in [1.807, 2.05) is 19.1 Å². The van der Waals surface area contributed by atoms with E-state index in [1.54, 1.807) is 12.4 Å². The minimum absolute atomic E-state index is 0.0745. The van der Waals surface area contributed by atoms with Gasteiger partial charge in [-0.05, 0) is 24.6 Å². The van der Waals surface area contributed by atoms with E-state index < -0.39 is 5.97 Å². The maximum atomic E-state index is 10.9. The van der Waals surface area contributed by atoms with Crippen LogP contribution < -0.4 is 5.32 Å². The highest BCUT2D eigenvalue weighted by Gasteiger charge is 2.14. The van der Waals surface area contributed by atoms with Crippen LogP contribution in [0.1, 0.15) is 34.6 Å². The summed E-state index contributed by atoms with van der Waals surface area (Å²) >= 11 is 0. The largest absolute Gasteiger partial charge is 0.478 e. The standard InChI is InChI=1S/C13H14N2O3/c1-9(10-3-2-5-14-7-10)15-8-12-11(13(16)17)4-6-18-12/h2-7,9,15H,8H2,1H3,(H,16,17)/t9-/m0/s1. The number of rotatable bonds is 5. The molecule has 94 valence electrons. The second-order valence-corrected chi connectivity index (χ2v) is 3.95. The lowest BCUT2D eigenvalue weighted by Crippen LogP contribution is -2.19. The maximum absolute atomic E-state index is 10.9. The highest BCUT2D eigenvalue weighted by Crippen LogP contribution is 2.14. The van der Waals surface area contributed by atoms with Gasteiger partial charge in [-0.1, -0.05) is 6.07 Å². The first-order valence-electron chi connectivity index (χ1n) is 5.61. The van der Waals surface area contributed by atoms with Crippen LogP contribution in [0.25, 0.3) is 0 Å². The van der Waals surface area contributed by atoms with Gasteiger partial charge in [0, 0.05) is 18.4 Å². The van der Waals surface area contributed by atoms with E-state index in [-0.39, 0.29) is 11.6 Å². The van der Waals surface area contributed by atoms with Crippen molar-refractivity contribution in [1.82, 2.24) is 10.3 Å². The van der Waals surface area contributed by atoms with Crippen molar-refractivity contribution >= 4 is 5.97 Å². The van der Waals surface area contributed by atoms with Gasteiger partial charge < -0.3 is 14.8 Å². The molecule has 0 saturated heterocycles. The number of nitrogens with one attached hydrogen (secondary N) is 1. The zero-order chi connectivity index (χ0) is 13.0. The molecule has 0 aliphatic rings. The van der Waals surface area contributed by atoms with Crippen molar-refractivity contribution in [3.63, 3.8) is 0 Å². The van der Waals surface area contributed by atoms with Gasteiger partial charge in [0.05, 0.1) is 12.8 Å². The van der Waals surface area contributed by atoms with Crippen LogP contribution in [0.15, 0.2) is 41.3 Å². The first-order chi connectivity index (χ1) is 8.68. The minimum Gasteiger partial charge on any atom is -0.478 e. The topological polar surface area (TPSA) is 75.4 Å². The monoisotopic (exact) mass is 246 g/mol. The van der Waals surface area contributed by atoms with Crippen LogP contribution in [0.3, 0.4) is 0 Å². The van der Waals surface area contributed by atoms with Crippen LogP contribution in [0.2, 0.25) is 0 Å². The van der Waals surface area contributed by atoms with Crippen molar-refractivity contribution in [3.05, 3.63) is 53.7 Å². The number of carboxylic acids is 1. The zero-order valence-corrected chi connectivity index (χ0v) is 9.96. The summed E-state index contributed by atoms with van der Waals surface area (Å²) in [5.74, 6) is -0.548. The maximum Gasteiger partial charge on any atom is 0.339 e. The summed E-state index contributed by atoms with van der Waals surface area (Å²) in [7, 11) is 0. The van der Waals surface area contributed by atoms with Crippen molar-refractivity contribution < 1.29 is 14.3 Å². The van der Waals surface area contributed by atoms with Crippen molar-refractivity contribution in [2.45, 2.75) is 19.5 Å². The second-order valence-electron chi connectivity index (χ2n) is 3.95. The van der Waals surface area contributed by atoms with E-state index in [0.717, 1.165) is 5.56 Å². The van der Waals surface area contributed by atoms with Crippen LogP contribution >= 0.6 is 0 Å². The van der Waals surface area contributed by atoms with Gasteiger partial charge in [0.25, 0.3) is 0 Å². The molecule has 0 saturated carbocycles. The Hall–Kier alpha value is -2.14. The Morgan fingerprint density at radius 2 is 2.39 bits per heavy atom. The lowest BCUT2D eigenvalue weighted by Gasteiger charge is -2.12. The Kier molecular flexibility index (Phi) is 3.74. The van der Waals surface area contributed by atoms with Crippen molar-refractivity contribution in [2.75, 3.05) is 0 Å². The van der Waals surface area contributed by atoms with Crippen LogP contribution in [0, 0.1) is 0 Å². The fourth-order valence-corrected chi connectivity index (χ4v) is 1.66. The third-order valence-electron chi connectivity index (χ3n) is 2.73. The number of hydrogen-bond donors (Lipinski definition) is 2. The molecule has 2 rings (SSSR count). The Balaban J connectivity index is 1.99. The lowest BCUT2D eigenvalue weighted by molar-refractivity contribution is 0.0694. The average Bonchev–Trinajstić information content (AvgIpc) is 2.85. The van der Waals surface area contributed by atoms with Gasteiger partial charge in [0.1, 0.15) is 11.3 Å². The highest BCUT2D eigenvalue weighted by molar-refractivity contribution is 5.88. The van der Waals surface area contributed by atoms with Crippen molar-refractivity contribution in [3.8, 4) is 0 Å². The number of carbonyl (C=O) groups is 1. The molecule has 0 amide bonds. The molecule has 0 fully saturated rings. The lowest BCUT2D eigenvalue weighted by atomic mass is 10.1. The van der Waals surface area contributed by atoms with E-state index >= 15 is 0 Å². The molecule has 0 radical (unpaired) electrons. The van der Waals surface area contributed by atoms with Crippen molar-refractivity contribution in [1.29, 1.82) is 0 Å². The number of aromatic nitrogens is 1. The van der Waals surface area contributed by atoms with E-state index in [4.69, 9.17) is 9.52 Å². The van der Waals surface area contributed by atoms with Crippen LogP contribution in [-0.4, -0.2) is 16.1 Å². The molecule has 5 heteroatoms. The van der Waals surface area contributed by atoms with E-state index in [9.17, 15) is 4.79 Å². The Morgan fingerprint density at radius 3 is 3.06 bits per heavy atom. The van der Waals surface area contributed by atoms with Crippen LogP contribution in [-0.2, 0) is 6.54 Å². The fraction of sp³-hybridized carbons (Fsp3) is 0.231. The number of aromatic carboxylic acids is 1. The predicted molar refractivity (Wildman–Crippen MR) is 65.2 cm³/mol. The summed E-state index contributed by atoms with van der Waals surface area (Å²) < 4.78 is 5.15. The van der Waals surface area contributed by atoms with Crippen LogP contribution in [0.4, 0.5) is 0 Å². The summed E-state index contributed by atoms with van der Waals surface area (Å²) in [5.41, 5.74) is 1.24. The molecule has 2 heterocycles. The molecule has 18 heavy (non-hydrogen) atoms. The van der Waals surface area contributed by atoms with Gasteiger partial charge in [-0.2, -0.15) is 0 Å². The summed E-state index contributed by atoms with van der Waals surface area (Å²) in [6.45, 7) is 2.35. The van der Waals surface area contributed by atoms with Gasteiger partial charge in [-0.25, -0.2) is 4.79 Å². The first kappa shape index (κ1) is 12.3. The number of pyridine rings is 1. The smallest absolute Gasteiger partial charge is 0.339 e. The van der Waals surface area contributed by atoms with Gasteiger partial charge in [0.15, 0.2) is 0 Å². The molecule has 0 aliphatic carbocycles. The molecule has 1 atom stereocenters. The highest BCUT2D eigenvalue weighted by atomic mass is 16.4. The molecule has 0 spiro atoms. The van der Waals surface area contributed by atoms with Gasteiger partial charge >= 0.3 is 5.97 Å². The number of nitrogens with zero attached hydrogens (tertiary/aromatic N) is 1. The summed E-state index contributed by atoms with van der Waals surface area (Å²) in [6, 6.07) is 5.35. The average molecular weight is 246 g/mol. The summed E-state index contributed by atoms with van der Waals surface area (Å²) in [4.78, 5) is 14.9. The fourth-order valence-electron chi connectivity index (χ4n) is 1.66. The second kappa shape index (κ2) is 5.46. The molecule has 0 unspecified atom stereocenters.